The van der Waals surface area contributed by atoms with Gasteiger partial charge >= 0.3 is 5.97 Å². The maximum atomic E-state index is 13.3. The largest absolute Gasteiger partial charge is 0.481 e. The van der Waals surface area contributed by atoms with Crippen molar-refractivity contribution in [2.45, 2.75) is 58.0 Å². The number of hydrogen-bond donors (Lipinski definition) is 2. The van der Waals surface area contributed by atoms with Gasteiger partial charge in [-0.1, -0.05) is 37.5 Å². The Balaban J connectivity index is 1.90. The van der Waals surface area contributed by atoms with Crippen LogP contribution in [0.2, 0.25) is 0 Å². The molecule has 1 aliphatic rings. The van der Waals surface area contributed by atoms with E-state index < -0.39 is 12.1 Å². The lowest BCUT2D eigenvalue weighted by Crippen LogP contribution is -2.18. The highest BCUT2D eigenvalue weighted by Gasteiger charge is 2.39. The summed E-state index contributed by atoms with van der Waals surface area (Å²) in [6.45, 7) is 1.70. The Morgan fingerprint density at radius 1 is 1.27 bits per heavy atom. The molecule has 1 aromatic carbocycles. The molecule has 0 radical (unpaired) electrons. The monoisotopic (exact) mass is 362 g/mol. The summed E-state index contributed by atoms with van der Waals surface area (Å²) in [4.78, 5) is 22.7. The quantitative estimate of drug-likeness (QED) is 0.648. The lowest BCUT2D eigenvalue weighted by molar-refractivity contribution is -0.137. The zero-order chi connectivity index (χ0) is 19.1. The van der Waals surface area contributed by atoms with Crippen molar-refractivity contribution in [1.82, 2.24) is 0 Å². The molecule has 0 spiro atoms. The molecule has 1 aromatic rings. The topological polar surface area (TPSA) is 74.6 Å². The summed E-state index contributed by atoms with van der Waals surface area (Å²) in [5, 5.41) is 18.8. The third kappa shape index (κ3) is 5.77. The van der Waals surface area contributed by atoms with Crippen LogP contribution in [-0.2, 0) is 9.59 Å². The summed E-state index contributed by atoms with van der Waals surface area (Å²) in [6, 6.07) is 4.84. The van der Waals surface area contributed by atoms with E-state index in [0.29, 0.717) is 18.4 Å². The van der Waals surface area contributed by atoms with Crippen LogP contribution in [0.1, 0.15) is 56.1 Å². The van der Waals surface area contributed by atoms with Crippen LogP contribution in [0.25, 0.3) is 6.08 Å². The number of carboxylic acids is 1. The number of carbonyl (C=O) groups excluding carboxylic acids is 1. The van der Waals surface area contributed by atoms with Crippen molar-refractivity contribution in [2.75, 3.05) is 0 Å². The summed E-state index contributed by atoms with van der Waals surface area (Å²) in [6.07, 6.45) is 7.36. The molecule has 5 heteroatoms. The Kier molecular flexibility index (Phi) is 7.51. The number of halogens is 1. The van der Waals surface area contributed by atoms with Crippen LogP contribution in [0.5, 0.6) is 0 Å². The fraction of sp³-hybridized carbons (Fsp3) is 0.524. The minimum absolute atomic E-state index is 0.0907. The van der Waals surface area contributed by atoms with Crippen molar-refractivity contribution in [1.29, 1.82) is 0 Å². The number of aliphatic hydroxyl groups is 1. The minimum atomic E-state index is -0.777. The van der Waals surface area contributed by atoms with E-state index in [0.717, 1.165) is 24.8 Å². The Morgan fingerprint density at radius 2 is 2.00 bits per heavy atom. The van der Waals surface area contributed by atoms with E-state index in [1.807, 2.05) is 12.2 Å². The van der Waals surface area contributed by atoms with Gasteiger partial charge in [0.1, 0.15) is 11.6 Å². The van der Waals surface area contributed by atoms with Gasteiger partial charge in [0.2, 0.25) is 0 Å². The molecule has 2 rings (SSSR count). The van der Waals surface area contributed by atoms with Crippen molar-refractivity contribution in [3.05, 3.63) is 41.2 Å². The molecule has 26 heavy (non-hydrogen) atoms. The molecule has 0 aromatic heterocycles. The number of carbonyl (C=O) groups is 2. The average molecular weight is 362 g/mol. The van der Waals surface area contributed by atoms with Gasteiger partial charge in [0.15, 0.2) is 0 Å². The van der Waals surface area contributed by atoms with Crippen LogP contribution in [0.3, 0.4) is 0 Å². The normalized spacial score (nSPS) is 23.0. The number of aryl methyl sites for hydroxylation is 1. The van der Waals surface area contributed by atoms with Crippen molar-refractivity contribution in [3.8, 4) is 0 Å². The van der Waals surface area contributed by atoms with Crippen LogP contribution in [0, 0.1) is 24.6 Å². The number of unbranched alkanes of at least 4 members (excludes halogenated alkanes) is 3. The SMILES string of the molecule is Cc1cc(C=C[C@@H]2[C@H](O)CC(=O)[C@H]2CCCCCCC(=O)O)ccc1F. The summed E-state index contributed by atoms with van der Waals surface area (Å²) < 4.78 is 13.3. The van der Waals surface area contributed by atoms with E-state index in [1.54, 1.807) is 19.1 Å². The van der Waals surface area contributed by atoms with Crippen molar-refractivity contribution in [2.24, 2.45) is 11.8 Å². The van der Waals surface area contributed by atoms with Crippen molar-refractivity contribution >= 4 is 17.8 Å². The number of ketones is 1. The second-order valence-electron chi connectivity index (χ2n) is 7.14. The van der Waals surface area contributed by atoms with Gasteiger partial charge in [-0.15, -0.1) is 0 Å². The van der Waals surface area contributed by atoms with E-state index >= 15 is 0 Å². The summed E-state index contributed by atoms with van der Waals surface area (Å²) in [7, 11) is 0. The van der Waals surface area contributed by atoms with Crippen molar-refractivity contribution < 1.29 is 24.2 Å². The molecule has 142 valence electrons. The molecular weight excluding hydrogens is 335 g/mol. The van der Waals surface area contributed by atoms with E-state index in [4.69, 9.17) is 5.11 Å². The number of aliphatic hydroxyl groups excluding tert-OH is 1. The van der Waals surface area contributed by atoms with Gasteiger partial charge in [0, 0.05) is 24.7 Å². The molecule has 4 nitrogen and oxygen atoms in total. The predicted molar refractivity (Wildman–Crippen MR) is 98.1 cm³/mol. The number of rotatable bonds is 9. The maximum Gasteiger partial charge on any atom is 0.303 e. The van der Waals surface area contributed by atoms with Gasteiger partial charge < -0.3 is 10.2 Å². The van der Waals surface area contributed by atoms with Gasteiger partial charge in [0.05, 0.1) is 6.10 Å². The molecule has 2 N–H and O–H groups in total. The molecule has 3 atom stereocenters. The van der Waals surface area contributed by atoms with E-state index in [2.05, 4.69) is 0 Å². The highest BCUT2D eigenvalue weighted by Crippen LogP contribution is 2.34. The van der Waals surface area contributed by atoms with Crippen LogP contribution in [-0.4, -0.2) is 28.1 Å². The minimum Gasteiger partial charge on any atom is -0.481 e. The molecule has 0 amide bonds. The zero-order valence-corrected chi connectivity index (χ0v) is 15.2. The maximum absolute atomic E-state index is 13.3. The smallest absolute Gasteiger partial charge is 0.303 e. The van der Waals surface area contributed by atoms with E-state index in [-0.39, 0.29) is 36.3 Å². The van der Waals surface area contributed by atoms with Gasteiger partial charge in [-0.05, 0) is 43.0 Å². The molecule has 1 saturated carbocycles. The first-order chi connectivity index (χ1) is 12.4. The third-order valence-corrected chi connectivity index (χ3v) is 5.08. The number of benzene rings is 1. The second kappa shape index (κ2) is 9.62. The Hall–Kier alpha value is -2.01. The van der Waals surface area contributed by atoms with Gasteiger partial charge in [0.25, 0.3) is 0 Å². The molecule has 0 aliphatic heterocycles. The Bertz CT molecular complexity index is 668. The number of hydrogen-bond acceptors (Lipinski definition) is 3. The lowest BCUT2D eigenvalue weighted by Gasteiger charge is -2.17. The Morgan fingerprint density at radius 3 is 2.69 bits per heavy atom. The summed E-state index contributed by atoms with van der Waals surface area (Å²) in [5.41, 5.74) is 1.41. The third-order valence-electron chi connectivity index (χ3n) is 5.08. The summed E-state index contributed by atoms with van der Waals surface area (Å²) >= 11 is 0. The first-order valence-electron chi connectivity index (χ1n) is 9.25. The number of carboxylic acid groups (broad SMARTS) is 1. The van der Waals surface area contributed by atoms with E-state index in [9.17, 15) is 19.1 Å². The molecular formula is C21H27FO4. The fourth-order valence-electron chi connectivity index (χ4n) is 3.58. The lowest BCUT2D eigenvalue weighted by atomic mass is 9.88. The van der Waals surface area contributed by atoms with Gasteiger partial charge in [-0.2, -0.15) is 0 Å². The highest BCUT2D eigenvalue weighted by atomic mass is 19.1. The number of Topliss-reactive ketones (excluding diaryl/α,β-unsaturated/α-hetero) is 1. The molecule has 0 heterocycles. The highest BCUT2D eigenvalue weighted by molar-refractivity contribution is 5.84. The zero-order valence-electron chi connectivity index (χ0n) is 15.2. The predicted octanol–water partition coefficient (Wildman–Crippen LogP) is 4.14. The number of aliphatic carboxylic acids is 1. The van der Waals surface area contributed by atoms with Gasteiger partial charge in [-0.25, -0.2) is 4.39 Å². The van der Waals surface area contributed by atoms with Crippen LogP contribution in [0.15, 0.2) is 24.3 Å². The molecule has 0 unspecified atom stereocenters. The van der Waals surface area contributed by atoms with Crippen LogP contribution >= 0.6 is 0 Å². The molecule has 1 fully saturated rings. The first kappa shape index (κ1) is 20.3. The molecule has 0 saturated heterocycles. The van der Waals surface area contributed by atoms with Crippen molar-refractivity contribution in [3.63, 3.8) is 0 Å². The van der Waals surface area contributed by atoms with Crippen LogP contribution in [0.4, 0.5) is 4.39 Å². The summed E-state index contributed by atoms with van der Waals surface area (Å²) in [5.74, 6) is -1.35. The fourth-order valence-corrected chi connectivity index (χ4v) is 3.58. The first-order valence-corrected chi connectivity index (χ1v) is 9.25. The van der Waals surface area contributed by atoms with E-state index in [1.165, 1.54) is 6.07 Å². The molecule has 0 bridgehead atoms. The second-order valence-corrected chi connectivity index (χ2v) is 7.14. The molecule has 1 aliphatic carbocycles. The van der Waals surface area contributed by atoms with Gasteiger partial charge in [-0.3, -0.25) is 9.59 Å². The Labute approximate surface area is 153 Å². The average Bonchev–Trinajstić information content (AvgIpc) is 2.85. The van der Waals surface area contributed by atoms with Crippen LogP contribution < -0.4 is 0 Å². The standard InChI is InChI=1S/C21H27FO4/c1-14-12-15(9-11-18(14)22)8-10-17-16(19(23)13-20(17)24)6-4-2-3-5-7-21(25)26/h8-12,16-17,20,24H,2-7,13H2,1H3,(H,25,26)/t16-,17-,20+/m0/s1.